The molecule has 2 rings (SSSR count). The van der Waals surface area contributed by atoms with Crippen LogP contribution < -0.4 is 10.6 Å². The van der Waals surface area contributed by atoms with Crippen LogP contribution in [0.2, 0.25) is 0 Å². The summed E-state index contributed by atoms with van der Waals surface area (Å²) in [6.07, 6.45) is 3.11. The molecule has 0 bridgehead atoms. The number of nitrogens with one attached hydrogen (secondary N) is 2. The highest BCUT2D eigenvalue weighted by Crippen LogP contribution is 2.18. The van der Waals surface area contributed by atoms with Gasteiger partial charge in [0.05, 0.1) is 0 Å². The highest BCUT2D eigenvalue weighted by atomic mass is 16.1. The monoisotopic (exact) mass is 232 g/mol. The Bertz CT molecular complexity index is 386. The van der Waals surface area contributed by atoms with Gasteiger partial charge < -0.3 is 10.6 Å². The Morgan fingerprint density at radius 2 is 2.12 bits per heavy atom. The zero-order valence-corrected chi connectivity index (χ0v) is 10.3. The molecule has 1 aromatic carbocycles. The zero-order valence-electron chi connectivity index (χ0n) is 10.3. The third-order valence-corrected chi connectivity index (χ3v) is 3.10. The van der Waals surface area contributed by atoms with Crippen molar-refractivity contribution in [1.29, 1.82) is 0 Å². The van der Waals surface area contributed by atoms with Crippen LogP contribution in [0.5, 0.6) is 0 Å². The molecule has 0 spiro atoms. The third kappa shape index (κ3) is 4.19. The van der Waals surface area contributed by atoms with E-state index in [1.54, 1.807) is 0 Å². The molecule has 0 radical (unpaired) electrons. The first kappa shape index (κ1) is 12.1. The van der Waals surface area contributed by atoms with E-state index >= 15 is 0 Å². The minimum absolute atomic E-state index is 0.126. The van der Waals surface area contributed by atoms with E-state index in [-0.39, 0.29) is 5.91 Å². The molecule has 1 aromatic rings. The molecule has 0 aromatic heterocycles. The Kier molecular flexibility index (Phi) is 4.15. The molecule has 0 atom stereocenters. The molecule has 92 valence electrons. The van der Waals surface area contributed by atoms with Crippen LogP contribution >= 0.6 is 0 Å². The van der Waals surface area contributed by atoms with Crippen LogP contribution in [0.1, 0.15) is 30.4 Å². The highest BCUT2D eigenvalue weighted by Gasteiger charge is 2.19. The fourth-order valence-electron chi connectivity index (χ4n) is 1.77. The number of rotatable bonds is 6. The number of benzene rings is 1. The standard InChI is InChI=1S/C14H20N2O/c1-11-4-2-3-5-12(11)10-16-14(17)8-9-15-13-6-7-13/h2-5,13,15H,6-10H2,1H3,(H,16,17). The molecule has 1 fully saturated rings. The molecule has 1 amide bonds. The van der Waals surface area contributed by atoms with Gasteiger partial charge in [-0.15, -0.1) is 0 Å². The van der Waals surface area contributed by atoms with Crippen molar-refractivity contribution in [2.24, 2.45) is 0 Å². The van der Waals surface area contributed by atoms with Crippen LogP contribution in [0, 0.1) is 6.92 Å². The number of hydrogen-bond donors (Lipinski definition) is 2. The molecule has 17 heavy (non-hydrogen) atoms. The van der Waals surface area contributed by atoms with Crippen LogP contribution in [0.15, 0.2) is 24.3 Å². The van der Waals surface area contributed by atoms with Crippen molar-refractivity contribution in [3.8, 4) is 0 Å². The Labute approximate surface area is 103 Å². The van der Waals surface area contributed by atoms with Crippen molar-refractivity contribution in [3.05, 3.63) is 35.4 Å². The van der Waals surface area contributed by atoms with Crippen molar-refractivity contribution >= 4 is 5.91 Å². The summed E-state index contributed by atoms with van der Waals surface area (Å²) in [5, 5.41) is 6.29. The fraction of sp³-hybridized carbons (Fsp3) is 0.500. The van der Waals surface area contributed by atoms with Gasteiger partial charge in [0.25, 0.3) is 0 Å². The summed E-state index contributed by atoms with van der Waals surface area (Å²) in [4.78, 5) is 11.6. The fourth-order valence-corrected chi connectivity index (χ4v) is 1.77. The lowest BCUT2D eigenvalue weighted by Gasteiger charge is -2.08. The molecule has 3 nitrogen and oxygen atoms in total. The van der Waals surface area contributed by atoms with Crippen molar-refractivity contribution in [2.75, 3.05) is 6.54 Å². The van der Waals surface area contributed by atoms with E-state index < -0.39 is 0 Å². The van der Waals surface area contributed by atoms with E-state index in [2.05, 4.69) is 29.7 Å². The molecule has 0 aliphatic heterocycles. The van der Waals surface area contributed by atoms with Gasteiger partial charge in [-0.1, -0.05) is 24.3 Å². The minimum atomic E-state index is 0.126. The Balaban J connectivity index is 1.66. The van der Waals surface area contributed by atoms with Crippen molar-refractivity contribution in [2.45, 2.75) is 38.8 Å². The quantitative estimate of drug-likeness (QED) is 0.784. The van der Waals surface area contributed by atoms with Gasteiger partial charge in [0, 0.05) is 25.6 Å². The lowest BCUT2D eigenvalue weighted by molar-refractivity contribution is -0.121. The SMILES string of the molecule is Cc1ccccc1CNC(=O)CCNC1CC1. The first-order valence-corrected chi connectivity index (χ1v) is 6.30. The molecule has 1 aliphatic rings. The highest BCUT2D eigenvalue weighted by molar-refractivity contribution is 5.76. The predicted molar refractivity (Wildman–Crippen MR) is 68.7 cm³/mol. The van der Waals surface area contributed by atoms with Gasteiger partial charge in [0.15, 0.2) is 0 Å². The molecule has 2 N–H and O–H groups in total. The lowest BCUT2D eigenvalue weighted by Crippen LogP contribution is -2.28. The second kappa shape index (κ2) is 5.82. The van der Waals surface area contributed by atoms with Crippen molar-refractivity contribution < 1.29 is 4.79 Å². The van der Waals surface area contributed by atoms with Crippen molar-refractivity contribution in [1.82, 2.24) is 10.6 Å². The van der Waals surface area contributed by atoms with Crippen LogP contribution in [0.4, 0.5) is 0 Å². The lowest BCUT2D eigenvalue weighted by atomic mass is 10.1. The first-order valence-electron chi connectivity index (χ1n) is 6.30. The smallest absolute Gasteiger partial charge is 0.221 e. The van der Waals surface area contributed by atoms with Crippen LogP contribution in [-0.2, 0) is 11.3 Å². The Hall–Kier alpha value is -1.35. The van der Waals surface area contributed by atoms with Crippen LogP contribution in [-0.4, -0.2) is 18.5 Å². The van der Waals surface area contributed by atoms with Crippen LogP contribution in [0.3, 0.4) is 0 Å². The maximum atomic E-state index is 11.6. The maximum absolute atomic E-state index is 11.6. The Morgan fingerprint density at radius 1 is 1.35 bits per heavy atom. The molecule has 3 heteroatoms. The second-order valence-electron chi connectivity index (χ2n) is 4.68. The van der Waals surface area contributed by atoms with Gasteiger partial charge in [-0.25, -0.2) is 0 Å². The summed E-state index contributed by atoms with van der Waals surface area (Å²) in [6.45, 7) is 3.50. The molecule has 0 heterocycles. The van der Waals surface area contributed by atoms with Gasteiger partial charge in [-0.3, -0.25) is 4.79 Å². The summed E-state index contributed by atoms with van der Waals surface area (Å²) >= 11 is 0. The van der Waals surface area contributed by atoms with Gasteiger partial charge >= 0.3 is 0 Å². The number of carbonyl (C=O) groups is 1. The van der Waals surface area contributed by atoms with E-state index in [1.165, 1.54) is 24.0 Å². The van der Waals surface area contributed by atoms with E-state index in [1.807, 2.05) is 12.1 Å². The summed E-state index contributed by atoms with van der Waals surface area (Å²) in [5.74, 6) is 0.126. The van der Waals surface area contributed by atoms with E-state index in [0.717, 1.165) is 6.54 Å². The zero-order chi connectivity index (χ0) is 12.1. The number of aryl methyl sites for hydroxylation is 1. The summed E-state index contributed by atoms with van der Waals surface area (Å²) in [6, 6.07) is 8.82. The topological polar surface area (TPSA) is 41.1 Å². The minimum Gasteiger partial charge on any atom is -0.352 e. The van der Waals surface area contributed by atoms with Crippen LogP contribution in [0.25, 0.3) is 0 Å². The molecular formula is C14H20N2O. The normalized spacial score (nSPS) is 14.6. The summed E-state index contributed by atoms with van der Waals surface area (Å²) < 4.78 is 0. The molecule has 0 unspecified atom stereocenters. The molecule has 0 saturated heterocycles. The van der Waals surface area contributed by atoms with Gasteiger partial charge in [0.1, 0.15) is 0 Å². The number of amides is 1. The maximum Gasteiger partial charge on any atom is 0.221 e. The largest absolute Gasteiger partial charge is 0.352 e. The molecular weight excluding hydrogens is 212 g/mol. The second-order valence-corrected chi connectivity index (χ2v) is 4.68. The number of carbonyl (C=O) groups excluding carboxylic acids is 1. The molecule has 1 saturated carbocycles. The van der Waals surface area contributed by atoms with E-state index in [4.69, 9.17) is 0 Å². The third-order valence-electron chi connectivity index (χ3n) is 3.10. The van der Waals surface area contributed by atoms with Gasteiger partial charge in [-0.2, -0.15) is 0 Å². The average molecular weight is 232 g/mol. The first-order chi connectivity index (χ1) is 8.25. The average Bonchev–Trinajstić information content (AvgIpc) is 3.12. The van der Waals surface area contributed by atoms with Crippen molar-refractivity contribution in [3.63, 3.8) is 0 Å². The van der Waals surface area contributed by atoms with E-state index in [0.29, 0.717) is 19.0 Å². The van der Waals surface area contributed by atoms with Gasteiger partial charge in [0.2, 0.25) is 5.91 Å². The van der Waals surface area contributed by atoms with Gasteiger partial charge in [-0.05, 0) is 30.9 Å². The van der Waals surface area contributed by atoms with E-state index in [9.17, 15) is 4.79 Å². The molecule has 1 aliphatic carbocycles. The summed E-state index contributed by atoms with van der Waals surface area (Å²) in [5.41, 5.74) is 2.42. The Morgan fingerprint density at radius 3 is 2.82 bits per heavy atom. The number of hydrogen-bond acceptors (Lipinski definition) is 2. The summed E-state index contributed by atoms with van der Waals surface area (Å²) in [7, 11) is 0. The predicted octanol–water partition coefficient (Wildman–Crippen LogP) is 1.75.